The highest BCUT2D eigenvalue weighted by atomic mass is 32.1. The van der Waals surface area contributed by atoms with Crippen molar-refractivity contribution >= 4 is 21.6 Å². The van der Waals surface area contributed by atoms with E-state index in [0.29, 0.717) is 0 Å². The quantitative estimate of drug-likeness (QED) is 0.685. The average molecular weight is 176 g/mol. The smallest absolute Gasteiger partial charge is 0.0850 e. The van der Waals surface area contributed by atoms with Crippen molar-refractivity contribution in [3.05, 3.63) is 29.3 Å². The first-order valence-electron chi connectivity index (χ1n) is 4.14. The Morgan fingerprint density at radius 2 is 2.50 bits per heavy atom. The van der Waals surface area contributed by atoms with Crippen molar-refractivity contribution in [2.75, 3.05) is 0 Å². The van der Waals surface area contributed by atoms with E-state index in [2.05, 4.69) is 24.0 Å². The molecule has 1 aromatic heterocycles. The Bertz CT molecular complexity index is 378. The van der Waals surface area contributed by atoms with Crippen LogP contribution in [0.3, 0.4) is 0 Å². The van der Waals surface area contributed by atoms with Crippen LogP contribution >= 0.6 is 11.3 Å². The summed E-state index contributed by atoms with van der Waals surface area (Å²) < 4.78 is 1.18. The number of thiazole rings is 1. The number of benzene rings is 1. The zero-order chi connectivity index (χ0) is 8.39. The lowest BCUT2D eigenvalue weighted by Gasteiger charge is -1.97. The number of hydrogen-bond acceptors (Lipinski definition) is 2. The van der Waals surface area contributed by atoms with Crippen LogP contribution < -0.4 is 0 Å². The Labute approximate surface area is 76.1 Å². The van der Waals surface area contributed by atoms with Crippen LogP contribution in [0.1, 0.15) is 18.9 Å². The minimum atomic E-state index is 1.12. The molecule has 1 heterocycles. The Hall–Kier alpha value is -0.890. The van der Waals surface area contributed by atoms with Crippen molar-refractivity contribution in [2.45, 2.75) is 19.8 Å². The standard InChI is InChI=1S/C10H10NS/c1-2-4-8-5-3-6-9-10(8)11-7-12-9/h3,5,7H,2,4H2,1H3. The van der Waals surface area contributed by atoms with Crippen LogP contribution in [-0.2, 0) is 6.42 Å². The first-order chi connectivity index (χ1) is 5.92. The first-order valence-corrected chi connectivity index (χ1v) is 5.02. The van der Waals surface area contributed by atoms with E-state index in [-0.39, 0.29) is 0 Å². The van der Waals surface area contributed by atoms with Crippen LogP contribution in [0.4, 0.5) is 0 Å². The number of nitrogens with zero attached hydrogens (tertiary/aromatic N) is 1. The molecule has 0 N–H and O–H groups in total. The highest BCUT2D eigenvalue weighted by Crippen LogP contribution is 2.21. The number of fused-ring (bicyclic) bond motifs is 1. The first kappa shape index (κ1) is 7.74. The van der Waals surface area contributed by atoms with Gasteiger partial charge < -0.3 is 0 Å². The van der Waals surface area contributed by atoms with Crippen molar-refractivity contribution in [1.29, 1.82) is 0 Å². The van der Waals surface area contributed by atoms with Gasteiger partial charge in [0.2, 0.25) is 0 Å². The van der Waals surface area contributed by atoms with E-state index in [4.69, 9.17) is 0 Å². The molecule has 0 fully saturated rings. The van der Waals surface area contributed by atoms with E-state index in [1.165, 1.54) is 16.7 Å². The number of rotatable bonds is 2. The summed E-state index contributed by atoms with van der Waals surface area (Å²) in [5.74, 6) is 0. The molecule has 1 radical (unpaired) electrons. The molecule has 0 aliphatic heterocycles. The van der Waals surface area contributed by atoms with E-state index in [9.17, 15) is 0 Å². The fraction of sp³-hybridized carbons (Fsp3) is 0.300. The second-order valence-corrected chi connectivity index (χ2v) is 3.64. The summed E-state index contributed by atoms with van der Waals surface area (Å²) in [6.07, 6.45) is 2.30. The van der Waals surface area contributed by atoms with Crippen LogP contribution in [0, 0.1) is 6.07 Å². The monoisotopic (exact) mass is 176 g/mol. The molecule has 1 nitrogen and oxygen atoms in total. The molecule has 1 aromatic carbocycles. The van der Waals surface area contributed by atoms with E-state index in [1.54, 1.807) is 11.3 Å². The van der Waals surface area contributed by atoms with Gasteiger partial charge in [-0.2, -0.15) is 0 Å². The number of hydrogen-bond donors (Lipinski definition) is 0. The number of aryl methyl sites for hydroxylation is 1. The normalized spacial score (nSPS) is 10.8. The SMILES string of the molecule is CCCc1cc[c]c2scnc12. The van der Waals surface area contributed by atoms with E-state index in [1.807, 2.05) is 11.6 Å². The van der Waals surface area contributed by atoms with Crippen LogP contribution in [-0.4, -0.2) is 4.98 Å². The summed E-state index contributed by atoms with van der Waals surface area (Å²) in [7, 11) is 0. The molecular formula is C10H10NS. The maximum absolute atomic E-state index is 4.32. The molecule has 0 saturated heterocycles. The summed E-state index contributed by atoms with van der Waals surface area (Å²) in [6.45, 7) is 2.19. The summed E-state index contributed by atoms with van der Waals surface area (Å²) in [5, 5.41) is 0. The molecule has 0 bridgehead atoms. The van der Waals surface area contributed by atoms with Gasteiger partial charge in [-0.25, -0.2) is 4.98 Å². The van der Waals surface area contributed by atoms with Crippen molar-refractivity contribution in [1.82, 2.24) is 4.98 Å². The molecule has 0 unspecified atom stereocenters. The minimum Gasteiger partial charge on any atom is -0.244 e. The van der Waals surface area contributed by atoms with Crippen LogP contribution in [0.25, 0.3) is 10.2 Å². The molecule has 2 rings (SSSR count). The van der Waals surface area contributed by atoms with Gasteiger partial charge in [0.1, 0.15) is 0 Å². The third-order valence-electron chi connectivity index (χ3n) is 1.89. The second-order valence-electron chi connectivity index (χ2n) is 2.78. The van der Waals surface area contributed by atoms with Crippen LogP contribution in [0.2, 0.25) is 0 Å². The van der Waals surface area contributed by atoms with Gasteiger partial charge in [-0.15, -0.1) is 11.3 Å². The van der Waals surface area contributed by atoms with Gasteiger partial charge in [-0.05, 0) is 12.0 Å². The topological polar surface area (TPSA) is 12.9 Å². The Kier molecular flexibility index (Phi) is 2.09. The molecule has 0 aliphatic carbocycles. The van der Waals surface area contributed by atoms with Gasteiger partial charge >= 0.3 is 0 Å². The van der Waals surface area contributed by atoms with Crippen molar-refractivity contribution < 1.29 is 0 Å². The molecule has 2 heteroatoms. The molecule has 2 aromatic rings. The maximum Gasteiger partial charge on any atom is 0.0850 e. The fourth-order valence-electron chi connectivity index (χ4n) is 1.35. The lowest BCUT2D eigenvalue weighted by atomic mass is 10.1. The predicted molar refractivity (Wildman–Crippen MR) is 52.5 cm³/mol. The highest BCUT2D eigenvalue weighted by Gasteiger charge is 2.01. The maximum atomic E-state index is 4.32. The molecule has 0 aliphatic rings. The van der Waals surface area contributed by atoms with Gasteiger partial charge in [0, 0.05) is 6.07 Å². The lowest BCUT2D eigenvalue weighted by Crippen LogP contribution is -1.84. The van der Waals surface area contributed by atoms with Crippen molar-refractivity contribution in [3.63, 3.8) is 0 Å². The lowest BCUT2D eigenvalue weighted by molar-refractivity contribution is 0.927. The zero-order valence-corrected chi connectivity index (χ0v) is 7.82. The van der Waals surface area contributed by atoms with Gasteiger partial charge in [0.15, 0.2) is 0 Å². The van der Waals surface area contributed by atoms with Crippen molar-refractivity contribution in [2.24, 2.45) is 0 Å². The van der Waals surface area contributed by atoms with Crippen LogP contribution in [0.5, 0.6) is 0 Å². The van der Waals surface area contributed by atoms with Gasteiger partial charge in [-0.3, -0.25) is 0 Å². The Morgan fingerprint density at radius 3 is 3.33 bits per heavy atom. The minimum absolute atomic E-state index is 1.12. The Balaban J connectivity index is 2.57. The van der Waals surface area contributed by atoms with Gasteiger partial charge in [0.25, 0.3) is 0 Å². The number of aromatic nitrogens is 1. The fourth-order valence-corrected chi connectivity index (χ4v) is 2.04. The summed E-state index contributed by atoms with van der Waals surface area (Å²) in [4.78, 5) is 4.32. The van der Waals surface area contributed by atoms with E-state index >= 15 is 0 Å². The second kappa shape index (κ2) is 3.23. The zero-order valence-electron chi connectivity index (χ0n) is 7.00. The predicted octanol–water partition coefficient (Wildman–Crippen LogP) is 3.05. The Morgan fingerprint density at radius 1 is 1.58 bits per heavy atom. The van der Waals surface area contributed by atoms with Gasteiger partial charge in [0.05, 0.1) is 15.7 Å². The third kappa shape index (κ3) is 1.23. The van der Waals surface area contributed by atoms with E-state index < -0.39 is 0 Å². The van der Waals surface area contributed by atoms with Crippen molar-refractivity contribution in [3.8, 4) is 0 Å². The largest absolute Gasteiger partial charge is 0.244 e. The molecule has 61 valence electrons. The van der Waals surface area contributed by atoms with E-state index in [0.717, 1.165) is 11.9 Å². The molecule has 12 heavy (non-hydrogen) atoms. The highest BCUT2D eigenvalue weighted by molar-refractivity contribution is 7.16. The summed E-state index contributed by atoms with van der Waals surface area (Å²) in [5.41, 5.74) is 4.39. The molecule has 0 atom stereocenters. The molecule has 0 amide bonds. The molecule has 0 saturated carbocycles. The van der Waals surface area contributed by atoms with Crippen LogP contribution in [0.15, 0.2) is 17.6 Å². The summed E-state index contributed by atoms with van der Waals surface area (Å²) >= 11 is 1.66. The average Bonchev–Trinajstić information content (AvgIpc) is 2.53. The van der Waals surface area contributed by atoms with Gasteiger partial charge in [-0.1, -0.05) is 25.5 Å². The third-order valence-corrected chi connectivity index (χ3v) is 2.65. The molecule has 0 spiro atoms. The molecular weight excluding hydrogens is 166 g/mol. The summed E-state index contributed by atoms with van der Waals surface area (Å²) in [6, 6.07) is 7.29.